The number of carbonyl (C=O) groups excluding carboxylic acids is 1. The predicted octanol–water partition coefficient (Wildman–Crippen LogP) is 2.05. The second-order valence-corrected chi connectivity index (χ2v) is 3.53. The Kier molecular flexibility index (Phi) is 2.35. The van der Waals surface area contributed by atoms with E-state index in [0.717, 1.165) is 29.8 Å². The standard InChI is InChI=1S/C12H13NO/c1-9-4-2-5-10(8-9)12(14)11-6-3-7-13-11/h2,4-6,8,13H,3,7H2,1H3. The van der Waals surface area contributed by atoms with Crippen LogP contribution in [0.4, 0.5) is 0 Å². The van der Waals surface area contributed by atoms with E-state index in [9.17, 15) is 4.79 Å². The molecule has 14 heavy (non-hydrogen) atoms. The molecular formula is C12H13NO. The van der Waals surface area contributed by atoms with Crippen molar-refractivity contribution in [1.29, 1.82) is 0 Å². The molecule has 0 fully saturated rings. The minimum Gasteiger partial charge on any atom is -0.382 e. The average Bonchev–Trinajstić information content (AvgIpc) is 2.69. The topological polar surface area (TPSA) is 29.1 Å². The second kappa shape index (κ2) is 3.66. The Morgan fingerprint density at radius 1 is 1.43 bits per heavy atom. The number of nitrogens with one attached hydrogen (secondary N) is 1. The van der Waals surface area contributed by atoms with Crippen LogP contribution in [0.15, 0.2) is 36.0 Å². The van der Waals surface area contributed by atoms with E-state index in [-0.39, 0.29) is 5.78 Å². The summed E-state index contributed by atoms with van der Waals surface area (Å²) in [5.74, 6) is 0.103. The number of carbonyl (C=O) groups is 1. The van der Waals surface area contributed by atoms with Crippen molar-refractivity contribution in [3.63, 3.8) is 0 Å². The fourth-order valence-electron chi connectivity index (χ4n) is 1.61. The number of Topliss-reactive ketones (excluding diaryl/α,β-unsaturated/α-hetero) is 1. The SMILES string of the molecule is Cc1cccc(C(=O)C2=CCCN2)c1. The molecule has 0 amide bonds. The molecule has 2 nitrogen and oxygen atoms in total. The lowest BCUT2D eigenvalue weighted by Gasteiger charge is -2.03. The van der Waals surface area contributed by atoms with Crippen LogP contribution in [0.2, 0.25) is 0 Å². The first-order chi connectivity index (χ1) is 6.77. The van der Waals surface area contributed by atoms with Crippen molar-refractivity contribution in [3.8, 4) is 0 Å². The number of allylic oxidation sites excluding steroid dienone is 1. The molecule has 0 unspecified atom stereocenters. The van der Waals surface area contributed by atoms with Gasteiger partial charge in [-0.05, 0) is 19.4 Å². The van der Waals surface area contributed by atoms with E-state index in [1.54, 1.807) is 0 Å². The fourth-order valence-corrected chi connectivity index (χ4v) is 1.61. The van der Waals surface area contributed by atoms with Gasteiger partial charge in [0.1, 0.15) is 0 Å². The molecule has 0 bridgehead atoms. The van der Waals surface area contributed by atoms with Gasteiger partial charge in [-0.25, -0.2) is 0 Å². The molecule has 0 atom stereocenters. The highest BCUT2D eigenvalue weighted by Crippen LogP contribution is 2.11. The molecule has 0 radical (unpaired) electrons. The van der Waals surface area contributed by atoms with Crippen LogP contribution in [0.25, 0.3) is 0 Å². The van der Waals surface area contributed by atoms with Gasteiger partial charge in [0.05, 0.1) is 5.70 Å². The summed E-state index contributed by atoms with van der Waals surface area (Å²) in [6, 6.07) is 7.69. The molecule has 0 saturated heterocycles. The second-order valence-electron chi connectivity index (χ2n) is 3.53. The Bertz CT molecular complexity index is 393. The van der Waals surface area contributed by atoms with Gasteiger partial charge in [-0.3, -0.25) is 4.79 Å². The van der Waals surface area contributed by atoms with Gasteiger partial charge in [0, 0.05) is 12.1 Å². The van der Waals surface area contributed by atoms with Crippen LogP contribution in [0.1, 0.15) is 22.3 Å². The van der Waals surface area contributed by atoms with E-state index in [4.69, 9.17) is 0 Å². The lowest BCUT2D eigenvalue weighted by atomic mass is 10.1. The van der Waals surface area contributed by atoms with Gasteiger partial charge in [-0.1, -0.05) is 29.8 Å². The molecule has 1 heterocycles. The van der Waals surface area contributed by atoms with Gasteiger partial charge >= 0.3 is 0 Å². The summed E-state index contributed by atoms with van der Waals surface area (Å²) < 4.78 is 0. The third-order valence-electron chi connectivity index (χ3n) is 2.33. The van der Waals surface area contributed by atoms with Crippen LogP contribution >= 0.6 is 0 Å². The number of rotatable bonds is 2. The van der Waals surface area contributed by atoms with Crippen LogP contribution in [0.3, 0.4) is 0 Å². The summed E-state index contributed by atoms with van der Waals surface area (Å²) in [5, 5.41) is 3.09. The lowest BCUT2D eigenvalue weighted by molar-refractivity contribution is 0.102. The minimum absolute atomic E-state index is 0.103. The highest BCUT2D eigenvalue weighted by Gasteiger charge is 2.14. The Labute approximate surface area is 83.6 Å². The monoisotopic (exact) mass is 187 g/mol. The molecule has 1 N–H and O–H groups in total. The van der Waals surface area contributed by atoms with E-state index >= 15 is 0 Å². The van der Waals surface area contributed by atoms with Crippen molar-refractivity contribution in [3.05, 3.63) is 47.2 Å². The maximum absolute atomic E-state index is 11.9. The molecule has 2 rings (SSSR count). The van der Waals surface area contributed by atoms with Crippen molar-refractivity contribution in [2.45, 2.75) is 13.3 Å². The normalized spacial score (nSPS) is 14.8. The summed E-state index contributed by atoms with van der Waals surface area (Å²) >= 11 is 0. The van der Waals surface area contributed by atoms with Crippen molar-refractivity contribution in [2.24, 2.45) is 0 Å². The van der Waals surface area contributed by atoms with Gasteiger partial charge < -0.3 is 5.32 Å². The molecule has 0 saturated carbocycles. The molecule has 72 valence electrons. The lowest BCUT2D eigenvalue weighted by Crippen LogP contribution is -2.16. The van der Waals surface area contributed by atoms with Gasteiger partial charge in [0.25, 0.3) is 0 Å². The first-order valence-electron chi connectivity index (χ1n) is 4.83. The first-order valence-corrected chi connectivity index (χ1v) is 4.83. The minimum atomic E-state index is 0.103. The number of ketones is 1. The van der Waals surface area contributed by atoms with Crippen molar-refractivity contribution >= 4 is 5.78 Å². The average molecular weight is 187 g/mol. The van der Waals surface area contributed by atoms with Crippen LogP contribution in [0.5, 0.6) is 0 Å². The fraction of sp³-hybridized carbons (Fsp3) is 0.250. The Morgan fingerprint density at radius 2 is 2.29 bits per heavy atom. The summed E-state index contributed by atoms with van der Waals surface area (Å²) in [4.78, 5) is 11.9. The van der Waals surface area contributed by atoms with Crippen molar-refractivity contribution in [2.75, 3.05) is 6.54 Å². The molecule has 1 aliphatic heterocycles. The number of hydrogen-bond acceptors (Lipinski definition) is 2. The van der Waals surface area contributed by atoms with E-state index in [1.165, 1.54) is 0 Å². The Morgan fingerprint density at radius 3 is 2.93 bits per heavy atom. The third-order valence-corrected chi connectivity index (χ3v) is 2.33. The summed E-state index contributed by atoms with van der Waals surface area (Å²) in [6.45, 7) is 2.88. The van der Waals surface area contributed by atoms with Crippen LogP contribution in [-0.2, 0) is 0 Å². The van der Waals surface area contributed by atoms with Gasteiger partial charge in [0.15, 0.2) is 0 Å². The van der Waals surface area contributed by atoms with Gasteiger partial charge in [-0.15, -0.1) is 0 Å². The molecule has 1 aromatic carbocycles. The maximum Gasteiger partial charge on any atom is 0.208 e. The Balaban J connectivity index is 2.27. The number of hydrogen-bond donors (Lipinski definition) is 1. The quantitative estimate of drug-likeness (QED) is 0.718. The molecule has 0 aromatic heterocycles. The zero-order valence-corrected chi connectivity index (χ0v) is 8.21. The summed E-state index contributed by atoms with van der Waals surface area (Å²) in [6.07, 6.45) is 2.91. The van der Waals surface area contributed by atoms with Crippen LogP contribution < -0.4 is 5.32 Å². The molecule has 0 spiro atoms. The van der Waals surface area contributed by atoms with E-state index in [1.807, 2.05) is 37.3 Å². The van der Waals surface area contributed by atoms with Gasteiger partial charge in [0.2, 0.25) is 5.78 Å². The van der Waals surface area contributed by atoms with Crippen molar-refractivity contribution in [1.82, 2.24) is 5.32 Å². The zero-order chi connectivity index (χ0) is 9.97. The summed E-state index contributed by atoms with van der Waals surface area (Å²) in [7, 11) is 0. The first kappa shape index (κ1) is 9.00. The largest absolute Gasteiger partial charge is 0.382 e. The highest BCUT2D eigenvalue weighted by atomic mass is 16.1. The molecule has 1 aromatic rings. The van der Waals surface area contributed by atoms with Crippen molar-refractivity contribution < 1.29 is 4.79 Å². The smallest absolute Gasteiger partial charge is 0.208 e. The van der Waals surface area contributed by atoms with Crippen LogP contribution in [-0.4, -0.2) is 12.3 Å². The maximum atomic E-state index is 11.9. The highest BCUT2D eigenvalue weighted by molar-refractivity contribution is 6.08. The summed E-state index contributed by atoms with van der Waals surface area (Å²) in [5.41, 5.74) is 2.63. The third kappa shape index (κ3) is 1.69. The molecular weight excluding hydrogens is 174 g/mol. The number of benzene rings is 1. The molecule has 1 aliphatic rings. The van der Waals surface area contributed by atoms with E-state index < -0.39 is 0 Å². The Hall–Kier alpha value is -1.57. The zero-order valence-electron chi connectivity index (χ0n) is 8.21. The van der Waals surface area contributed by atoms with Crippen LogP contribution in [0, 0.1) is 6.92 Å². The van der Waals surface area contributed by atoms with Gasteiger partial charge in [-0.2, -0.15) is 0 Å². The molecule has 2 heteroatoms. The van der Waals surface area contributed by atoms with E-state index in [0.29, 0.717) is 0 Å². The number of aryl methyl sites for hydroxylation is 1. The molecule has 0 aliphatic carbocycles. The van der Waals surface area contributed by atoms with E-state index in [2.05, 4.69) is 5.32 Å². The predicted molar refractivity (Wildman–Crippen MR) is 56.2 cm³/mol.